The predicted molar refractivity (Wildman–Crippen MR) is 81.6 cm³/mol. The molecule has 100 valence electrons. The van der Waals surface area contributed by atoms with Gasteiger partial charge in [-0.25, -0.2) is 0 Å². The summed E-state index contributed by atoms with van der Waals surface area (Å²) < 4.78 is 5.60. The van der Waals surface area contributed by atoms with Crippen molar-refractivity contribution in [1.82, 2.24) is 0 Å². The second-order valence-corrected chi connectivity index (χ2v) is 4.96. The van der Waals surface area contributed by atoms with E-state index in [0.717, 1.165) is 5.69 Å². The molecule has 0 unspecified atom stereocenters. The number of ether oxygens (including phenoxy) is 1. The Balaban J connectivity index is 1.86. The third-order valence-electron chi connectivity index (χ3n) is 2.73. The normalized spacial score (nSPS) is 10.3. The Labute approximate surface area is 123 Å². The Hall–Kier alpha value is -1.38. The minimum atomic E-state index is 0.498. The molecule has 2 nitrogen and oxygen atoms in total. The molecule has 0 radical (unpaired) electrons. The summed E-state index contributed by atoms with van der Waals surface area (Å²) in [4.78, 5) is 0. The van der Waals surface area contributed by atoms with Gasteiger partial charge in [-0.1, -0.05) is 47.5 Å². The number of aryl methyl sites for hydroxylation is 1. The Morgan fingerprint density at radius 3 is 2.37 bits per heavy atom. The first-order valence-corrected chi connectivity index (χ1v) is 6.80. The molecule has 19 heavy (non-hydrogen) atoms. The summed E-state index contributed by atoms with van der Waals surface area (Å²) in [5.41, 5.74) is 2.31. The van der Waals surface area contributed by atoms with E-state index in [0.29, 0.717) is 28.9 Å². The van der Waals surface area contributed by atoms with Crippen molar-refractivity contribution in [2.24, 2.45) is 0 Å². The lowest BCUT2D eigenvalue weighted by Crippen LogP contribution is -2.12. The van der Waals surface area contributed by atoms with Gasteiger partial charge in [0.1, 0.15) is 6.61 Å². The second kappa shape index (κ2) is 6.69. The van der Waals surface area contributed by atoms with Gasteiger partial charge in [0.25, 0.3) is 0 Å². The van der Waals surface area contributed by atoms with E-state index in [1.807, 2.05) is 18.2 Å². The fraction of sp³-hybridized carbons (Fsp3) is 0.200. The van der Waals surface area contributed by atoms with Crippen molar-refractivity contribution in [3.8, 4) is 5.75 Å². The highest BCUT2D eigenvalue weighted by Crippen LogP contribution is 2.32. The van der Waals surface area contributed by atoms with Gasteiger partial charge in [0.15, 0.2) is 5.75 Å². The Kier molecular flexibility index (Phi) is 4.94. The first-order valence-electron chi connectivity index (χ1n) is 6.05. The molecule has 0 heterocycles. The molecule has 0 fully saturated rings. The van der Waals surface area contributed by atoms with Crippen LogP contribution in [0, 0.1) is 6.92 Å². The lowest BCUT2D eigenvalue weighted by molar-refractivity contribution is 0.333. The van der Waals surface area contributed by atoms with Gasteiger partial charge >= 0.3 is 0 Å². The molecule has 0 amide bonds. The lowest BCUT2D eigenvalue weighted by Gasteiger charge is -2.12. The van der Waals surface area contributed by atoms with Crippen LogP contribution in [0.5, 0.6) is 5.75 Å². The molecule has 0 spiro atoms. The van der Waals surface area contributed by atoms with Gasteiger partial charge in [-0.15, -0.1) is 0 Å². The Morgan fingerprint density at radius 2 is 1.68 bits per heavy atom. The molecule has 0 saturated carbocycles. The van der Waals surface area contributed by atoms with Crippen molar-refractivity contribution in [1.29, 1.82) is 0 Å². The van der Waals surface area contributed by atoms with Gasteiger partial charge in [0.2, 0.25) is 0 Å². The third-order valence-corrected chi connectivity index (χ3v) is 3.32. The van der Waals surface area contributed by atoms with E-state index in [1.54, 1.807) is 18.2 Å². The minimum Gasteiger partial charge on any atom is -0.489 e. The van der Waals surface area contributed by atoms with Crippen LogP contribution in [0.1, 0.15) is 5.56 Å². The van der Waals surface area contributed by atoms with E-state index in [-0.39, 0.29) is 0 Å². The average Bonchev–Trinajstić information content (AvgIpc) is 2.39. The minimum absolute atomic E-state index is 0.498. The maximum absolute atomic E-state index is 6.02. The monoisotopic (exact) mass is 295 g/mol. The first kappa shape index (κ1) is 14.0. The zero-order valence-electron chi connectivity index (χ0n) is 10.6. The van der Waals surface area contributed by atoms with Crippen LogP contribution in [0.25, 0.3) is 0 Å². The Morgan fingerprint density at radius 1 is 1.00 bits per heavy atom. The molecule has 0 aliphatic carbocycles. The van der Waals surface area contributed by atoms with Crippen LogP contribution in [-0.2, 0) is 0 Å². The summed E-state index contributed by atoms with van der Waals surface area (Å²) >= 11 is 12.0. The van der Waals surface area contributed by atoms with Crippen LogP contribution in [0.4, 0.5) is 5.69 Å². The molecular weight excluding hydrogens is 281 g/mol. The topological polar surface area (TPSA) is 21.3 Å². The van der Waals surface area contributed by atoms with Gasteiger partial charge in [-0.05, 0) is 30.7 Å². The van der Waals surface area contributed by atoms with E-state index in [4.69, 9.17) is 27.9 Å². The zero-order chi connectivity index (χ0) is 13.7. The van der Waals surface area contributed by atoms with Crippen molar-refractivity contribution in [3.05, 3.63) is 58.1 Å². The highest BCUT2D eigenvalue weighted by atomic mass is 35.5. The molecule has 2 rings (SSSR count). The summed E-state index contributed by atoms with van der Waals surface area (Å²) in [6, 6.07) is 13.4. The number of para-hydroxylation sites is 2. The smallest absolute Gasteiger partial charge is 0.156 e. The van der Waals surface area contributed by atoms with Crippen LogP contribution in [-0.4, -0.2) is 13.2 Å². The second-order valence-electron chi connectivity index (χ2n) is 4.14. The van der Waals surface area contributed by atoms with Gasteiger partial charge in [-0.3, -0.25) is 0 Å². The zero-order valence-corrected chi connectivity index (χ0v) is 12.1. The van der Waals surface area contributed by atoms with Crippen LogP contribution in [0.2, 0.25) is 10.0 Å². The number of hydrogen-bond acceptors (Lipinski definition) is 2. The lowest BCUT2D eigenvalue weighted by atomic mass is 10.2. The molecule has 0 aromatic heterocycles. The Bertz CT molecular complexity index is 537. The maximum Gasteiger partial charge on any atom is 0.156 e. The predicted octanol–water partition coefficient (Wildman–Crippen LogP) is 4.79. The van der Waals surface area contributed by atoms with Gasteiger partial charge < -0.3 is 10.1 Å². The van der Waals surface area contributed by atoms with Gasteiger partial charge in [0, 0.05) is 12.2 Å². The molecule has 0 aliphatic rings. The molecule has 2 aromatic rings. The van der Waals surface area contributed by atoms with Crippen LogP contribution in [0.15, 0.2) is 42.5 Å². The van der Waals surface area contributed by atoms with Crippen molar-refractivity contribution >= 4 is 28.9 Å². The van der Waals surface area contributed by atoms with Crippen LogP contribution < -0.4 is 10.1 Å². The molecule has 0 bridgehead atoms. The fourth-order valence-electron chi connectivity index (χ4n) is 1.73. The molecule has 1 N–H and O–H groups in total. The van der Waals surface area contributed by atoms with E-state index in [2.05, 4.69) is 18.3 Å². The number of halogens is 2. The summed E-state index contributed by atoms with van der Waals surface area (Å²) in [6.45, 7) is 3.25. The van der Waals surface area contributed by atoms with Crippen molar-refractivity contribution < 1.29 is 4.74 Å². The molecule has 0 aliphatic heterocycles. The van der Waals surface area contributed by atoms with Crippen LogP contribution >= 0.6 is 23.2 Å². The van der Waals surface area contributed by atoms with Crippen molar-refractivity contribution in [3.63, 3.8) is 0 Å². The quantitative estimate of drug-likeness (QED) is 0.801. The van der Waals surface area contributed by atoms with E-state index in [1.165, 1.54) is 5.56 Å². The van der Waals surface area contributed by atoms with E-state index < -0.39 is 0 Å². The largest absolute Gasteiger partial charge is 0.489 e. The van der Waals surface area contributed by atoms with Crippen molar-refractivity contribution in [2.75, 3.05) is 18.5 Å². The van der Waals surface area contributed by atoms with Gasteiger partial charge in [-0.2, -0.15) is 0 Å². The fourth-order valence-corrected chi connectivity index (χ4v) is 2.24. The highest BCUT2D eigenvalue weighted by Gasteiger charge is 2.05. The third kappa shape index (κ3) is 3.79. The van der Waals surface area contributed by atoms with E-state index in [9.17, 15) is 0 Å². The van der Waals surface area contributed by atoms with Crippen LogP contribution in [0.3, 0.4) is 0 Å². The average molecular weight is 296 g/mol. The number of benzene rings is 2. The maximum atomic E-state index is 6.02. The molecule has 0 atom stereocenters. The molecule has 2 aromatic carbocycles. The van der Waals surface area contributed by atoms with Crippen molar-refractivity contribution in [2.45, 2.75) is 6.92 Å². The summed E-state index contributed by atoms with van der Waals surface area (Å²) in [6.07, 6.45) is 0. The SMILES string of the molecule is Cc1ccccc1NCCOc1c(Cl)cccc1Cl. The standard InChI is InChI=1S/C15H15Cl2NO/c1-11-5-2-3-8-14(11)18-9-10-19-15-12(16)6-4-7-13(15)17/h2-8,18H,9-10H2,1H3. The number of anilines is 1. The van der Waals surface area contributed by atoms with Gasteiger partial charge in [0.05, 0.1) is 10.0 Å². The molecular formula is C15H15Cl2NO. The summed E-state index contributed by atoms with van der Waals surface area (Å²) in [5.74, 6) is 0.539. The first-order chi connectivity index (χ1) is 9.18. The molecule has 0 saturated heterocycles. The summed E-state index contributed by atoms with van der Waals surface area (Å²) in [5, 5.41) is 4.37. The number of rotatable bonds is 5. The number of nitrogens with one attached hydrogen (secondary N) is 1. The highest BCUT2D eigenvalue weighted by molar-refractivity contribution is 6.37. The molecule has 4 heteroatoms. The van der Waals surface area contributed by atoms with E-state index >= 15 is 0 Å². The summed E-state index contributed by atoms with van der Waals surface area (Å²) in [7, 11) is 0. The number of hydrogen-bond donors (Lipinski definition) is 1.